The molecular weight excluding hydrogens is 384 g/mol. The first-order valence-corrected chi connectivity index (χ1v) is 7.95. The van der Waals surface area contributed by atoms with Gasteiger partial charge < -0.3 is 34.4 Å². The van der Waals surface area contributed by atoms with E-state index in [1.165, 1.54) is 7.11 Å². The number of carboxylic acid groups (broad SMARTS) is 3. The van der Waals surface area contributed by atoms with E-state index in [4.69, 9.17) is 4.74 Å². The van der Waals surface area contributed by atoms with Gasteiger partial charge in [0.05, 0.1) is 7.11 Å². The number of carbonyl (C=O) groups excluding carboxylic acids is 3. The van der Waals surface area contributed by atoms with Crippen molar-refractivity contribution in [2.75, 3.05) is 7.11 Å². The van der Waals surface area contributed by atoms with Crippen molar-refractivity contribution in [2.24, 2.45) is 5.92 Å². The van der Waals surface area contributed by atoms with Crippen LogP contribution in [0, 0.1) is 5.92 Å². The number of carboxylic acids is 3. The third-order valence-electron chi connectivity index (χ3n) is 3.58. The molecule has 0 radical (unpaired) electrons. The van der Waals surface area contributed by atoms with Gasteiger partial charge in [-0.1, -0.05) is 15.9 Å². The lowest BCUT2D eigenvalue weighted by Gasteiger charge is -2.26. The Kier molecular flexibility index (Phi) is 7.70. The zero-order valence-electron chi connectivity index (χ0n) is 13.0. The molecule has 0 saturated heterocycles. The van der Waals surface area contributed by atoms with E-state index in [0.29, 0.717) is 15.8 Å². The first-order chi connectivity index (χ1) is 11.2. The van der Waals surface area contributed by atoms with E-state index in [0.717, 1.165) is 0 Å². The summed E-state index contributed by atoms with van der Waals surface area (Å²) in [7, 11) is 1.45. The van der Waals surface area contributed by atoms with Gasteiger partial charge >= 0.3 is 0 Å². The van der Waals surface area contributed by atoms with E-state index >= 15 is 0 Å². The number of benzene rings is 1. The first-order valence-electron chi connectivity index (χ1n) is 7.15. The smallest absolute Gasteiger partial charge is 0.119 e. The Balaban J connectivity index is 3.12. The maximum atomic E-state index is 11.1. The molecule has 7 nitrogen and oxygen atoms in total. The highest BCUT2D eigenvalue weighted by atomic mass is 79.9. The SMILES string of the molecule is COc1ccc(Br)c([C@H](CC(=O)[O-])CC(CC(=O)[O-])CC(=O)[O-])c1. The molecule has 0 aliphatic carbocycles. The number of halogens is 1. The molecule has 0 unspecified atom stereocenters. The van der Waals surface area contributed by atoms with E-state index in [2.05, 4.69) is 15.9 Å². The fraction of sp³-hybridized carbons (Fsp3) is 0.438. The largest absolute Gasteiger partial charge is 0.550 e. The Bertz CT molecular complexity index is 598. The van der Waals surface area contributed by atoms with E-state index in [1.54, 1.807) is 18.2 Å². The van der Waals surface area contributed by atoms with Gasteiger partial charge in [0.15, 0.2) is 0 Å². The van der Waals surface area contributed by atoms with Crippen LogP contribution in [0.15, 0.2) is 22.7 Å². The molecule has 24 heavy (non-hydrogen) atoms. The highest BCUT2D eigenvalue weighted by Gasteiger charge is 2.21. The number of hydrogen-bond acceptors (Lipinski definition) is 7. The van der Waals surface area contributed by atoms with Crippen molar-refractivity contribution >= 4 is 33.8 Å². The van der Waals surface area contributed by atoms with Crippen LogP contribution in [0.5, 0.6) is 5.75 Å². The summed E-state index contributed by atoms with van der Waals surface area (Å²) in [5, 5.41) is 32.7. The molecular formula is C16H16BrO7-3. The van der Waals surface area contributed by atoms with Crippen molar-refractivity contribution < 1.29 is 34.4 Å². The standard InChI is InChI=1S/C16H19BrO7/c1-24-11-2-3-13(17)12(8-11)10(7-16(22)23)4-9(5-14(18)19)6-15(20)21/h2-3,8-10H,4-7H2,1H3,(H,18,19)(H,20,21)(H,22,23)/p-3/t10-/m0/s1. The highest BCUT2D eigenvalue weighted by Crippen LogP contribution is 2.36. The second-order valence-corrected chi connectivity index (χ2v) is 6.27. The van der Waals surface area contributed by atoms with Crippen molar-refractivity contribution in [3.63, 3.8) is 0 Å². The van der Waals surface area contributed by atoms with Gasteiger partial charge in [0, 0.05) is 22.4 Å². The molecule has 0 fully saturated rings. The van der Waals surface area contributed by atoms with Gasteiger partial charge in [0.25, 0.3) is 0 Å². The lowest BCUT2D eigenvalue weighted by atomic mass is 9.83. The predicted octanol–water partition coefficient (Wildman–Crippen LogP) is -1.03. The monoisotopic (exact) mass is 399 g/mol. The van der Waals surface area contributed by atoms with Crippen LogP contribution in [0.3, 0.4) is 0 Å². The maximum Gasteiger partial charge on any atom is 0.119 e. The van der Waals surface area contributed by atoms with Crippen LogP contribution < -0.4 is 20.1 Å². The molecule has 1 atom stereocenters. The van der Waals surface area contributed by atoms with E-state index in [9.17, 15) is 29.7 Å². The fourth-order valence-corrected chi connectivity index (χ4v) is 3.17. The van der Waals surface area contributed by atoms with Crippen molar-refractivity contribution in [2.45, 2.75) is 31.6 Å². The molecule has 0 aliphatic heterocycles. The quantitative estimate of drug-likeness (QED) is 0.491. The van der Waals surface area contributed by atoms with Crippen LogP contribution in [0.25, 0.3) is 0 Å². The molecule has 0 heterocycles. The molecule has 1 rings (SSSR count). The van der Waals surface area contributed by atoms with Crippen LogP contribution in [0.4, 0.5) is 0 Å². The number of carbonyl (C=O) groups is 3. The molecule has 1 aromatic rings. The summed E-state index contributed by atoms with van der Waals surface area (Å²) < 4.78 is 5.71. The van der Waals surface area contributed by atoms with Crippen LogP contribution in [-0.2, 0) is 14.4 Å². The Morgan fingerprint density at radius 2 is 1.58 bits per heavy atom. The second-order valence-electron chi connectivity index (χ2n) is 5.41. The van der Waals surface area contributed by atoms with Gasteiger partial charge in [-0.2, -0.15) is 0 Å². The van der Waals surface area contributed by atoms with Gasteiger partial charge in [-0.15, -0.1) is 0 Å². The van der Waals surface area contributed by atoms with Crippen molar-refractivity contribution in [3.8, 4) is 5.75 Å². The molecule has 0 spiro atoms. The lowest BCUT2D eigenvalue weighted by Crippen LogP contribution is -2.32. The van der Waals surface area contributed by atoms with Crippen molar-refractivity contribution in [1.82, 2.24) is 0 Å². The third kappa shape index (κ3) is 6.57. The molecule has 0 amide bonds. The molecule has 0 aromatic heterocycles. The molecule has 0 bridgehead atoms. The van der Waals surface area contributed by atoms with E-state index in [-0.39, 0.29) is 12.8 Å². The molecule has 0 N–H and O–H groups in total. The zero-order chi connectivity index (χ0) is 18.3. The lowest BCUT2D eigenvalue weighted by molar-refractivity contribution is -0.310. The van der Waals surface area contributed by atoms with Crippen LogP contribution >= 0.6 is 15.9 Å². The molecule has 8 heteroatoms. The number of ether oxygens (including phenoxy) is 1. The van der Waals surface area contributed by atoms with Crippen molar-refractivity contribution in [3.05, 3.63) is 28.2 Å². The van der Waals surface area contributed by atoms with Gasteiger partial charge in [-0.3, -0.25) is 0 Å². The second kappa shape index (κ2) is 9.27. The molecule has 0 saturated carbocycles. The molecule has 1 aromatic carbocycles. The fourth-order valence-electron chi connectivity index (χ4n) is 2.60. The Morgan fingerprint density at radius 1 is 1.04 bits per heavy atom. The summed E-state index contributed by atoms with van der Waals surface area (Å²) in [6.45, 7) is 0. The third-order valence-corrected chi connectivity index (χ3v) is 4.31. The molecule has 132 valence electrons. The minimum atomic E-state index is -1.40. The minimum absolute atomic E-state index is 0.0156. The summed E-state index contributed by atoms with van der Waals surface area (Å²) in [6, 6.07) is 4.96. The minimum Gasteiger partial charge on any atom is -0.550 e. The Hall–Kier alpha value is -2.09. The Morgan fingerprint density at radius 3 is 2.04 bits per heavy atom. The van der Waals surface area contributed by atoms with Gasteiger partial charge in [-0.25, -0.2) is 0 Å². The number of rotatable bonds is 10. The van der Waals surface area contributed by atoms with Crippen LogP contribution in [0.2, 0.25) is 0 Å². The van der Waals surface area contributed by atoms with Gasteiger partial charge in [0.1, 0.15) is 5.75 Å². The van der Waals surface area contributed by atoms with E-state index in [1.807, 2.05) is 0 Å². The summed E-state index contributed by atoms with van der Waals surface area (Å²) in [6.07, 6.45) is -1.37. The average molecular weight is 400 g/mol. The topological polar surface area (TPSA) is 130 Å². The van der Waals surface area contributed by atoms with Gasteiger partial charge in [-0.05, 0) is 61.3 Å². The van der Waals surface area contributed by atoms with Gasteiger partial charge in [0.2, 0.25) is 0 Å². The van der Waals surface area contributed by atoms with E-state index < -0.39 is 42.6 Å². The summed E-state index contributed by atoms with van der Waals surface area (Å²) in [4.78, 5) is 32.7. The number of methoxy groups -OCH3 is 1. The normalized spacial score (nSPS) is 12.0. The summed E-state index contributed by atoms with van der Waals surface area (Å²) >= 11 is 3.32. The first kappa shape index (κ1) is 20.0. The molecule has 0 aliphatic rings. The predicted molar refractivity (Wildman–Crippen MR) is 80.4 cm³/mol. The highest BCUT2D eigenvalue weighted by molar-refractivity contribution is 9.10. The van der Waals surface area contributed by atoms with Crippen LogP contribution in [-0.4, -0.2) is 25.0 Å². The zero-order valence-corrected chi connectivity index (χ0v) is 14.5. The summed E-state index contributed by atoms with van der Waals surface area (Å²) in [5.41, 5.74) is 0.570. The number of aliphatic carboxylic acids is 3. The Labute approximate surface area is 147 Å². The summed E-state index contributed by atoms with van der Waals surface area (Å²) in [5.74, 6) is -5.11. The van der Waals surface area contributed by atoms with Crippen molar-refractivity contribution in [1.29, 1.82) is 0 Å². The maximum absolute atomic E-state index is 11.1. The number of hydrogen-bond donors (Lipinski definition) is 0. The van der Waals surface area contributed by atoms with Crippen LogP contribution in [0.1, 0.15) is 37.2 Å². The average Bonchev–Trinajstić information content (AvgIpc) is 2.45.